The zero-order valence-corrected chi connectivity index (χ0v) is 9.08. The lowest BCUT2D eigenvalue weighted by Crippen LogP contribution is -2.23. The first-order valence-corrected chi connectivity index (χ1v) is 4.94. The van der Waals surface area contributed by atoms with Crippen LogP contribution in [-0.2, 0) is 0 Å². The van der Waals surface area contributed by atoms with Crippen molar-refractivity contribution in [3.8, 4) is 0 Å². The van der Waals surface area contributed by atoms with Gasteiger partial charge in [0.25, 0.3) is 0 Å². The summed E-state index contributed by atoms with van der Waals surface area (Å²) in [6.45, 7) is 1.39. The highest BCUT2D eigenvalue weighted by Gasteiger charge is 2.29. The maximum atomic E-state index is 12.1. The Hall–Kier alpha value is -1.72. The third kappa shape index (κ3) is 4.76. The number of alkyl halides is 3. The molecule has 0 fully saturated rings. The molecule has 3 nitrogen and oxygen atoms in total. The Morgan fingerprint density at radius 2 is 2.12 bits per heavy atom. The highest BCUT2D eigenvalue weighted by atomic mass is 19.4. The molecule has 0 bridgehead atoms. The molecule has 0 aliphatic heterocycles. The lowest BCUT2D eigenvalue weighted by Gasteiger charge is -2.17. The van der Waals surface area contributed by atoms with Crippen LogP contribution in [0, 0.1) is 0 Å². The summed E-state index contributed by atoms with van der Waals surface area (Å²) in [5, 5.41) is 11.3. The van der Waals surface area contributed by atoms with Gasteiger partial charge in [-0.05, 0) is 25.1 Å². The fourth-order valence-corrected chi connectivity index (χ4v) is 1.42. The van der Waals surface area contributed by atoms with E-state index in [2.05, 4.69) is 5.32 Å². The van der Waals surface area contributed by atoms with Gasteiger partial charge in [-0.3, -0.25) is 0 Å². The lowest BCUT2D eigenvalue weighted by molar-refractivity contribution is -0.136. The Bertz CT molecular complexity index is 404. The predicted molar refractivity (Wildman–Crippen MR) is 57.2 cm³/mol. The van der Waals surface area contributed by atoms with E-state index in [1.807, 2.05) is 0 Å². The van der Waals surface area contributed by atoms with E-state index in [9.17, 15) is 18.0 Å². The number of rotatable bonds is 4. The van der Waals surface area contributed by atoms with Crippen molar-refractivity contribution >= 4 is 11.7 Å². The number of anilines is 1. The SMILES string of the molecule is CC(CC(F)(F)F)Nc1cccc(C(=O)O)c1. The maximum absolute atomic E-state index is 12.1. The van der Waals surface area contributed by atoms with Crippen LogP contribution in [-0.4, -0.2) is 23.3 Å². The smallest absolute Gasteiger partial charge is 0.391 e. The normalized spacial score (nSPS) is 13.2. The molecule has 94 valence electrons. The molecule has 17 heavy (non-hydrogen) atoms. The van der Waals surface area contributed by atoms with Crippen LogP contribution in [0.15, 0.2) is 24.3 Å². The summed E-state index contributed by atoms with van der Waals surface area (Å²) in [6, 6.07) is 4.88. The van der Waals surface area contributed by atoms with Crippen LogP contribution in [0.1, 0.15) is 23.7 Å². The summed E-state index contributed by atoms with van der Waals surface area (Å²) >= 11 is 0. The van der Waals surface area contributed by atoms with Crippen molar-refractivity contribution in [2.45, 2.75) is 25.6 Å². The zero-order valence-electron chi connectivity index (χ0n) is 9.08. The monoisotopic (exact) mass is 247 g/mol. The molecule has 6 heteroatoms. The van der Waals surface area contributed by atoms with Gasteiger partial charge in [0, 0.05) is 11.7 Å². The fraction of sp³-hybridized carbons (Fsp3) is 0.364. The number of benzene rings is 1. The van der Waals surface area contributed by atoms with Crippen LogP contribution >= 0.6 is 0 Å². The van der Waals surface area contributed by atoms with Gasteiger partial charge in [0.05, 0.1) is 12.0 Å². The summed E-state index contributed by atoms with van der Waals surface area (Å²) < 4.78 is 36.2. The Morgan fingerprint density at radius 3 is 2.65 bits per heavy atom. The highest BCUT2D eigenvalue weighted by molar-refractivity contribution is 5.88. The standard InChI is InChI=1S/C11H12F3NO2/c1-7(6-11(12,13)14)15-9-4-2-3-8(5-9)10(16)17/h2-5,7,15H,6H2,1H3,(H,16,17). The van der Waals surface area contributed by atoms with Crippen molar-refractivity contribution in [2.75, 3.05) is 5.32 Å². The maximum Gasteiger partial charge on any atom is 0.391 e. The predicted octanol–water partition coefficient (Wildman–Crippen LogP) is 3.14. The summed E-state index contributed by atoms with van der Waals surface area (Å²) in [6.07, 6.45) is -5.21. The summed E-state index contributed by atoms with van der Waals surface area (Å²) in [4.78, 5) is 10.7. The first-order chi connectivity index (χ1) is 7.78. The molecule has 0 aromatic heterocycles. The highest BCUT2D eigenvalue weighted by Crippen LogP contribution is 2.23. The first-order valence-electron chi connectivity index (χ1n) is 4.94. The number of hydrogen-bond donors (Lipinski definition) is 2. The van der Waals surface area contributed by atoms with Gasteiger partial charge in [-0.2, -0.15) is 13.2 Å². The minimum atomic E-state index is -4.24. The molecule has 0 amide bonds. The second-order valence-electron chi connectivity index (χ2n) is 3.75. The van der Waals surface area contributed by atoms with Crippen molar-refractivity contribution in [1.29, 1.82) is 0 Å². The summed E-state index contributed by atoms with van der Waals surface area (Å²) in [7, 11) is 0. The van der Waals surface area contributed by atoms with Crippen molar-refractivity contribution < 1.29 is 23.1 Å². The average Bonchev–Trinajstić information content (AvgIpc) is 2.14. The third-order valence-corrected chi connectivity index (χ3v) is 2.06. The largest absolute Gasteiger partial charge is 0.478 e. The molecule has 1 unspecified atom stereocenters. The van der Waals surface area contributed by atoms with Gasteiger partial charge in [0.15, 0.2) is 0 Å². The average molecular weight is 247 g/mol. The molecule has 0 aliphatic carbocycles. The Morgan fingerprint density at radius 1 is 1.47 bits per heavy atom. The van der Waals surface area contributed by atoms with E-state index in [0.29, 0.717) is 5.69 Å². The number of halogens is 3. The molecule has 1 aromatic carbocycles. The van der Waals surface area contributed by atoms with E-state index in [0.717, 1.165) is 0 Å². The Kier molecular flexibility index (Phi) is 3.98. The fourth-order valence-electron chi connectivity index (χ4n) is 1.42. The number of carboxylic acid groups (broad SMARTS) is 1. The molecule has 1 atom stereocenters. The number of carboxylic acids is 1. The third-order valence-electron chi connectivity index (χ3n) is 2.06. The van der Waals surface area contributed by atoms with Crippen molar-refractivity contribution in [1.82, 2.24) is 0 Å². The van der Waals surface area contributed by atoms with Crippen LogP contribution in [0.4, 0.5) is 18.9 Å². The minimum Gasteiger partial charge on any atom is -0.478 e. The number of hydrogen-bond acceptors (Lipinski definition) is 2. The summed E-state index contributed by atoms with van der Waals surface area (Å²) in [5.41, 5.74) is 0.399. The van der Waals surface area contributed by atoms with E-state index in [1.54, 1.807) is 0 Å². The second kappa shape index (κ2) is 5.07. The second-order valence-corrected chi connectivity index (χ2v) is 3.75. The Balaban J connectivity index is 2.68. The molecule has 1 aromatic rings. The van der Waals surface area contributed by atoms with E-state index in [-0.39, 0.29) is 5.56 Å². The molecule has 0 aliphatic rings. The summed E-state index contributed by atoms with van der Waals surface area (Å²) in [5.74, 6) is -1.11. The first kappa shape index (κ1) is 13.3. The number of nitrogens with one attached hydrogen (secondary N) is 1. The van der Waals surface area contributed by atoms with E-state index in [1.165, 1.54) is 31.2 Å². The molecular formula is C11H12F3NO2. The van der Waals surface area contributed by atoms with Crippen LogP contribution in [0.5, 0.6) is 0 Å². The van der Waals surface area contributed by atoms with Gasteiger partial charge >= 0.3 is 12.1 Å². The van der Waals surface area contributed by atoms with E-state index < -0.39 is 24.6 Å². The van der Waals surface area contributed by atoms with Crippen LogP contribution in [0.3, 0.4) is 0 Å². The van der Waals surface area contributed by atoms with Crippen molar-refractivity contribution in [2.24, 2.45) is 0 Å². The Labute approximate surface area is 96.3 Å². The number of carbonyl (C=O) groups is 1. The minimum absolute atomic E-state index is 0.0363. The van der Waals surface area contributed by atoms with Crippen LogP contribution in [0.25, 0.3) is 0 Å². The molecule has 2 N–H and O–H groups in total. The molecule has 0 saturated carbocycles. The number of aromatic carboxylic acids is 1. The molecular weight excluding hydrogens is 235 g/mol. The van der Waals surface area contributed by atoms with Gasteiger partial charge in [-0.1, -0.05) is 6.07 Å². The molecule has 0 saturated heterocycles. The molecule has 0 spiro atoms. The van der Waals surface area contributed by atoms with Gasteiger partial charge in [-0.15, -0.1) is 0 Å². The van der Waals surface area contributed by atoms with E-state index in [4.69, 9.17) is 5.11 Å². The van der Waals surface area contributed by atoms with Gasteiger partial charge in [-0.25, -0.2) is 4.79 Å². The molecule has 1 rings (SSSR count). The lowest BCUT2D eigenvalue weighted by atomic mass is 10.1. The van der Waals surface area contributed by atoms with Crippen LogP contribution in [0.2, 0.25) is 0 Å². The zero-order chi connectivity index (χ0) is 13.1. The molecule has 0 heterocycles. The quantitative estimate of drug-likeness (QED) is 0.859. The van der Waals surface area contributed by atoms with Crippen LogP contribution < -0.4 is 5.32 Å². The van der Waals surface area contributed by atoms with Gasteiger partial charge in [0.1, 0.15) is 0 Å². The van der Waals surface area contributed by atoms with Gasteiger partial charge < -0.3 is 10.4 Å². The molecule has 0 radical (unpaired) electrons. The van der Waals surface area contributed by atoms with E-state index >= 15 is 0 Å². The van der Waals surface area contributed by atoms with Gasteiger partial charge in [0.2, 0.25) is 0 Å². The van der Waals surface area contributed by atoms with Crippen molar-refractivity contribution in [3.05, 3.63) is 29.8 Å². The van der Waals surface area contributed by atoms with Crippen molar-refractivity contribution in [3.63, 3.8) is 0 Å². The topological polar surface area (TPSA) is 49.3 Å².